The maximum atomic E-state index is 5.64. The van der Waals surface area contributed by atoms with E-state index in [4.69, 9.17) is 4.84 Å². The molecule has 0 saturated heterocycles. The second-order valence-corrected chi connectivity index (χ2v) is 4.87. The Morgan fingerprint density at radius 2 is 1.27 bits per heavy atom. The summed E-state index contributed by atoms with van der Waals surface area (Å²) in [5, 5.41) is 1.90. The van der Waals surface area contributed by atoms with E-state index in [1.807, 2.05) is 12.1 Å². The lowest BCUT2D eigenvalue weighted by Crippen LogP contribution is -2.43. The summed E-state index contributed by atoms with van der Waals surface area (Å²) < 4.78 is 0. The third kappa shape index (κ3) is 5.22. The summed E-state index contributed by atoms with van der Waals surface area (Å²) in [6, 6.07) is 0. The molecule has 0 aliphatic heterocycles. The molecule has 0 aromatic carbocycles. The minimum atomic E-state index is -0.0952. The van der Waals surface area contributed by atoms with Crippen molar-refractivity contribution >= 4 is 0 Å². The normalized spacial score (nSPS) is 14.2. The molecule has 11 heavy (non-hydrogen) atoms. The quantitative estimate of drug-likeness (QED) is 0.545. The second kappa shape index (κ2) is 3.11. The van der Waals surface area contributed by atoms with E-state index >= 15 is 0 Å². The van der Waals surface area contributed by atoms with Crippen molar-refractivity contribution in [1.29, 1.82) is 0 Å². The van der Waals surface area contributed by atoms with Gasteiger partial charge in [0.15, 0.2) is 0 Å². The van der Waals surface area contributed by atoms with Crippen LogP contribution in [-0.4, -0.2) is 23.3 Å². The Bertz CT molecular complexity index is 119. The van der Waals surface area contributed by atoms with Crippen molar-refractivity contribution < 1.29 is 4.84 Å². The van der Waals surface area contributed by atoms with E-state index in [1.165, 1.54) is 0 Å². The zero-order chi connectivity index (χ0) is 9.28. The predicted octanol–water partition coefficient (Wildman–Crippen LogP) is 2.45. The summed E-state index contributed by atoms with van der Waals surface area (Å²) >= 11 is 0. The van der Waals surface area contributed by atoms with Gasteiger partial charge in [-0.1, -0.05) is 0 Å². The highest BCUT2D eigenvalue weighted by atomic mass is 16.7. The number of rotatable bonds is 1. The molecular formula is C9H21NO. The van der Waals surface area contributed by atoms with Gasteiger partial charge >= 0.3 is 0 Å². The topological polar surface area (TPSA) is 12.5 Å². The smallest absolute Gasteiger partial charge is 0.0816 e. The fourth-order valence-corrected chi connectivity index (χ4v) is 0.548. The van der Waals surface area contributed by atoms with Crippen molar-refractivity contribution in [3.8, 4) is 0 Å². The zero-order valence-corrected chi connectivity index (χ0v) is 8.86. The molecule has 0 spiro atoms. The molecule has 0 aromatic heterocycles. The lowest BCUT2D eigenvalue weighted by Gasteiger charge is -2.36. The molecule has 0 N–H and O–H groups in total. The van der Waals surface area contributed by atoms with E-state index in [9.17, 15) is 0 Å². The second-order valence-electron chi connectivity index (χ2n) is 4.87. The summed E-state index contributed by atoms with van der Waals surface area (Å²) in [4.78, 5) is 5.64. The van der Waals surface area contributed by atoms with E-state index in [1.54, 1.807) is 0 Å². The van der Waals surface area contributed by atoms with Crippen LogP contribution in [0.2, 0.25) is 0 Å². The third-order valence-electron chi connectivity index (χ3n) is 1.36. The molecule has 0 bridgehead atoms. The van der Waals surface area contributed by atoms with Crippen molar-refractivity contribution in [3.63, 3.8) is 0 Å². The third-order valence-corrected chi connectivity index (χ3v) is 1.36. The monoisotopic (exact) mass is 159 g/mol. The molecule has 0 atom stereocenters. The first-order valence-electron chi connectivity index (χ1n) is 4.06. The summed E-state index contributed by atoms with van der Waals surface area (Å²) in [6.07, 6.45) is 0. The van der Waals surface area contributed by atoms with Gasteiger partial charge in [-0.2, -0.15) is 5.06 Å². The van der Waals surface area contributed by atoms with Crippen molar-refractivity contribution in [1.82, 2.24) is 5.06 Å². The van der Waals surface area contributed by atoms with Gasteiger partial charge in [0.1, 0.15) is 0 Å². The van der Waals surface area contributed by atoms with Gasteiger partial charge in [-0.3, -0.25) is 4.84 Å². The van der Waals surface area contributed by atoms with Crippen LogP contribution in [0, 0.1) is 0 Å². The lowest BCUT2D eigenvalue weighted by atomic mass is 10.1. The maximum Gasteiger partial charge on any atom is 0.0816 e. The van der Waals surface area contributed by atoms with E-state index in [0.29, 0.717) is 0 Å². The number of hydrogen-bond acceptors (Lipinski definition) is 2. The van der Waals surface area contributed by atoms with E-state index in [2.05, 4.69) is 41.5 Å². The summed E-state index contributed by atoms with van der Waals surface area (Å²) in [5.74, 6) is 0. The highest BCUT2D eigenvalue weighted by Gasteiger charge is 2.23. The molecule has 0 aromatic rings. The first-order chi connectivity index (χ1) is 4.63. The zero-order valence-electron chi connectivity index (χ0n) is 8.86. The molecule has 0 heterocycles. The molecule has 0 radical (unpaired) electrons. The van der Waals surface area contributed by atoms with Crippen LogP contribution in [0.1, 0.15) is 41.5 Å². The van der Waals surface area contributed by atoms with Crippen LogP contribution in [0.5, 0.6) is 0 Å². The van der Waals surface area contributed by atoms with E-state index in [0.717, 1.165) is 0 Å². The average Bonchev–Trinajstić information content (AvgIpc) is 1.56. The van der Waals surface area contributed by atoms with Gasteiger partial charge in [0.25, 0.3) is 0 Å². The van der Waals surface area contributed by atoms with Crippen LogP contribution in [-0.2, 0) is 4.84 Å². The van der Waals surface area contributed by atoms with Crippen LogP contribution in [0.4, 0.5) is 0 Å². The van der Waals surface area contributed by atoms with Crippen LogP contribution in [0.25, 0.3) is 0 Å². The first-order valence-corrected chi connectivity index (χ1v) is 4.06. The summed E-state index contributed by atoms with van der Waals surface area (Å²) in [6.45, 7) is 12.5. The molecule has 0 aliphatic rings. The fourth-order valence-electron chi connectivity index (χ4n) is 0.548. The highest BCUT2D eigenvalue weighted by molar-refractivity contribution is 4.68. The number of nitrogens with zero attached hydrogens (tertiary/aromatic N) is 1. The Hall–Kier alpha value is -0.0800. The first kappa shape index (κ1) is 10.9. The van der Waals surface area contributed by atoms with Crippen LogP contribution in [0.15, 0.2) is 0 Å². The lowest BCUT2D eigenvalue weighted by molar-refractivity contribution is -0.252. The van der Waals surface area contributed by atoms with Gasteiger partial charge < -0.3 is 0 Å². The van der Waals surface area contributed by atoms with Crippen molar-refractivity contribution in [2.24, 2.45) is 0 Å². The Morgan fingerprint density at radius 3 is 1.36 bits per heavy atom. The molecule has 68 valence electrons. The largest absolute Gasteiger partial charge is 0.293 e. The average molecular weight is 159 g/mol. The SMILES string of the molecule is CN(OC(C)(C)C)C(C)(C)C. The van der Waals surface area contributed by atoms with Crippen molar-refractivity contribution in [2.75, 3.05) is 7.05 Å². The van der Waals surface area contributed by atoms with Crippen LogP contribution >= 0.6 is 0 Å². The van der Waals surface area contributed by atoms with Crippen molar-refractivity contribution in [3.05, 3.63) is 0 Å². The maximum absolute atomic E-state index is 5.64. The molecule has 0 aliphatic carbocycles. The van der Waals surface area contributed by atoms with Gasteiger partial charge in [0.2, 0.25) is 0 Å². The Kier molecular flexibility index (Phi) is 3.09. The molecule has 0 saturated carbocycles. The summed E-state index contributed by atoms with van der Waals surface area (Å²) in [5.41, 5.74) is -0.0185. The predicted molar refractivity (Wildman–Crippen MR) is 48.4 cm³/mol. The minimum Gasteiger partial charge on any atom is -0.293 e. The fraction of sp³-hybridized carbons (Fsp3) is 1.00. The Balaban J connectivity index is 3.99. The number of hydrogen-bond donors (Lipinski definition) is 0. The van der Waals surface area contributed by atoms with E-state index in [-0.39, 0.29) is 11.1 Å². The molecule has 2 nitrogen and oxygen atoms in total. The van der Waals surface area contributed by atoms with Crippen molar-refractivity contribution in [2.45, 2.75) is 52.7 Å². The van der Waals surface area contributed by atoms with Gasteiger partial charge in [-0.15, -0.1) is 0 Å². The molecule has 0 amide bonds. The number of hydroxylamine groups is 2. The highest BCUT2D eigenvalue weighted by Crippen LogP contribution is 2.17. The van der Waals surface area contributed by atoms with Gasteiger partial charge in [0, 0.05) is 12.6 Å². The van der Waals surface area contributed by atoms with Crippen LogP contribution < -0.4 is 0 Å². The van der Waals surface area contributed by atoms with Gasteiger partial charge in [-0.25, -0.2) is 0 Å². The molecule has 2 heteroatoms. The Morgan fingerprint density at radius 1 is 0.909 bits per heavy atom. The molecular weight excluding hydrogens is 138 g/mol. The molecule has 0 unspecified atom stereocenters. The standard InChI is InChI=1S/C9H21NO/c1-8(2,3)10(7)11-9(4,5)6/h1-7H3. The van der Waals surface area contributed by atoms with Gasteiger partial charge in [0.05, 0.1) is 5.60 Å². The molecule has 0 rings (SSSR count). The minimum absolute atomic E-state index is 0.0767. The Labute approximate surface area is 70.5 Å². The summed E-state index contributed by atoms with van der Waals surface area (Å²) in [7, 11) is 1.96. The molecule has 0 fully saturated rings. The van der Waals surface area contributed by atoms with Crippen LogP contribution in [0.3, 0.4) is 0 Å². The van der Waals surface area contributed by atoms with E-state index < -0.39 is 0 Å². The van der Waals surface area contributed by atoms with Gasteiger partial charge in [-0.05, 0) is 41.5 Å².